The molecular formula is C4H6O3S2. The molecule has 1 aliphatic rings. The van der Waals surface area contributed by atoms with Crippen LogP contribution in [0.1, 0.15) is 0 Å². The van der Waals surface area contributed by atoms with Gasteiger partial charge in [-0.2, -0.15) is 0 Å². The van der Waals surface area contributed by atoms with Crippen molar-refractivity contribution in [3.63, 3.8) is 0 Å². The van der Waals surface area contributed by atoms with Gasteiger partial charge in [0.15, 0.2) is 4.77 Å². The summed E-state index contributed by atoms with van der Waals surface area (Å²) < 4.78 is 4.28. The first-order valence-electron chi connectivity index (χ1n) is 2.42. The van der Waals surface area contributed by atoms with Crippen molar-refractivity contribution in [3.05, 3.63) is 0 Å². The standard InChI is InChI=1S/C4H6O3S2/c5-3(6)7-4-8-1-2-9-4/h4H,1-2H2,(H,5,6). The zero-order valence-corrected chi connectivity index (χ0v) is 6.20. The molecule has 52 valence electrons. The van der Waals surface area contributed by atoms with Gasteiger partial charge in [0.05, 0.1) is 0 Å². The van der Waals surface area contributed by atoms with E-state index in [9.17, 15) is 4.79 Å². The zero-order chi connectivity index (χ0) is 6.69. The number of hydrogen-bond donors (Lipinski definition) is 1. The largest absolute Gasteiger partial charge is 0.507 e. The minimum atomic E-state index is -1.18. The molecule has 5 heteroatoms. The van der Waals surface area contributed by atoms with E-state index < -0.39 is 6.16 Å². The van der Waals surface area contributed by atoms with Crippen LogP contribution in [0.4, 0.5) is 4.79 Å². The van der Waals surface area contributed by atoms with Crippen LogP contribution in [-0.4, -0.2) is 27.5 Å². The first kappa shape index (κ1) is 7.08. The third-order valence-electron chi connectivity index (χ3n) is 0.788. The molecule has 1 saturated heterocycles. The second kappa shape index (κ2) is 3.22. The molecule has 0 spiro atoms. The fraction of sp³-hybridized carbons (Fsp3) is 0.750. The van der Waals surface area contributed by atoms with Gasteiger partial charge >= 0.3 is 6.16 Å². The summed E-state index contributed by atoms with van der Waals surface area (Å²) in [6.07, 6.45) is -1.18. The molecule has 1 heterocycles. The van der Waals surface area contributed by atoms with E-state index in [1.54, 1.807) is 0 Å². The molecule has 0 aliphatic carbocycles. The zero-order valence-electron chi connectivity index (χ0n) is 4.57. The molecule has 0 atom stereocenters. The maximum absolute atomic E-state index is 9.91. The van der Waals surface area contributed by atoms with Crippen LogP contribution in [0.5, 0.6) is 0 Å². The van der Waals surface area contributed by atoms with Crippen LogP contribution in [0.2, 0.25) is 0 Å². The molecule has 0 aromatic carbocycles. The summed E-state index contributed by atoms with van der Waals surface area (Å²) in [6.45, 7) is 0. The number of rotatable bonds is 1. The molecule has 3 nitrogen and oxygen atoms in total. The molecule has 1 rings (SSSR count). The number of carboxylic acid groups (broad SMARTS) is 1. The molecule has 0 amide bonds. The molecule has 0 unspecified atom stereocenters. The normalized spacial score (nSPS) is 20.0. The van der Waals surface area contributed by atoms with E-state index in [-0.39, 0.29) is 4.77 Å². The Morgan fingerprint density at radius 3 is 2.56 bits per heavy atom. The Hall–Kier alpha value is -0.0300. The predicted molar refractivity (Wildman–Crippen MR) is 37.8 cm³/mol. The van der Waals surface area contributed by atoms with Crippen molar-refractivity contribution in [2.24, 2.45) is 0 Å². The summed E-state index contributed by atoms with van der Waals surface area (Å²) in [5.41, 5.74) is 0. The lowest BCUT2D eigenvalue weighted by Crippen LogP contribution is -2.05. The van der Waals surface area contributed by atoms with Crippen LogP contribution in [-0.2, 0) is 4.74 Å². The lowest BCUT2D eigenvalue weighted by atomic mass is 11.0. The van der Waals surface area contributed by atoms with Crippen LogP contribution in [0.15, 0.2) is 0 Å². The smallest absolute Gasteiger partial charge is 0.450 e. The van der Waals surface area contributed by atoms with Crippen LogP contribution < -0.4 is 0 Å². The first-order valence-corrected chi connectivity index (χ1v) is 4.51. The van der Waals surface area contributed by atoms with Crippen molar-refractivity contribution >= 4 is 29.7 Å². The number of hydrogen-bond acceptors (Lipinski definition) is 4. The van der Waals surface area contributed by atoms with Crippen LogP contribution >= 0.6 is 23.5 Å². The van der Waals surface area contributed by atoms with Gasteiger partial charge in [0.2, 0.25) is 0 Å². The minimum absolute atomic E-state index is 0.178. The fourth-order valence-corrected chi connectivity index (χ4v) is 2.90. The summed E-state index contributed by atoms with van der Waals surface area (Å²) in [5, 5.41) is 8.12. The molecule has 0 bridgehead atoms. The van der Waals surface area contributed by atoms with Crippen molar-refractivity contribution in [1.82, 2.24) is 0 Å². The molecule has 0 radical (unpaired) electrons. The van der Waals surface area contributed by atoms with Gasteiger partial charge < -0.3 is 9.84 Å². The number of thioether (sulfide) groups is 2. The highest BCUT2D eigenvalue weighted by Gasteiger charge is 2.19. The number of carbonyl (C=O) groups is 1. The molecule has 0 saturated carbocycles. The summed E-state index contributed by atoms with van der Waals surface area (Å²) in [5.74, 6) is 1.98. The fourth-order valence-electron chi connectivity index (χ4n) is 0.487. The Morgan fingerprint density at radius 2 is 2.11 bits per heavy atom. The van der Waals surface area contributed by atoms with Crippen molar-refractivity contribution in [3.8, 4) is 0 Å². The van der Waals surface area contributed by atoms with Crippen LogP contribution in [0, 0.1) is 0 Å². The highest BCUT2D eigenvalue weighted by molar-refractivity contribution is 8.19. The number of ether oxygens (including phenoxy) is 1. The van der Waals surface area contributed by atoms with Crippen molar-refractivity contribution < 1.29 is 14.6 Å². The molecular weight excluding hydrogens is 160 g/mol. The van der Waals surface area contributed by atoms with E-state index in [0.29, 0.717) is 0 Å². The average molecular weight is 166 g/mol. The predicted octanol–water partition coefficient (Wildman–Crippen LogP) is 1.44. The maximum atomic E-state index is 9.91. The maximum Gasteiger partial charge on any atom is 0.507 e. The summed E-state index contributed by atoms with van der Waals surface area (Å²) in [4.78, 5) is 9.91. The van der Waals surface area contributed by atoms with E-state index in [1.165, 1.54) is 23.5 Å². The third-order valence-corrected chi connectivity index (χ3v) is 3.48. The first-order chi connectivity index (χ1) is 4.29. The molecule has 1 N–H and O–H groups in total. The third kappa shape index (κ3) is 2.36. The highest BCUT2D eigenvalue weighted by Crippen LogP contribution is 2.32. The van der Waals surface area contributed by atoms with Crippen molar-refractivity contribution in [1.29, 1.82) is 0 Å². The molecule has 9 heavy (non-hydrogen) atoms. The second-order valence-electron chi connectivity index (χ2n) is 1.41. The SMILES string of the molecule is O=C(O)OC1SCCS1. The summed E-state index contributed by atoms with van der Waals surface area (Å²) >= 11 is 3.06. The van der Waals surface area contributed by atoms with Gasteiger partial charge in [-0.3, -0.25) is 0 Å². The van der Waals surface area contributed by atoms with Gasteiger partial charge in [-0.25, -0.2) is 4.79 Å². The monoisotopic (exact) mass is 166 g/mol. The molecule has 0 aromatic rings. The Labute approximate surface area is 61.1 Å². The lowest BCUT2D eigenvalue weighted by Gasteiger charge is -2.03. The van der Waals surface area contributed by atoms with Gasteiger partial charge in [-0.15, -0.1) is 23.5 Å². The van der Waals surface area contributed by atoms with Gasteiger partial charge in [-0.05, 0) is 0 Å². The van der Waals surface area contributed by atoms with E-state index >= 15 is 0 Å². The molecule has 1 aliphatic heterocycles. The minimum Gasteiger partial charge on any atom is -0.450 e. The summed E-state index contributed by atoms with van der Waals surface area (Å²) in [6, 6.07) is 0. The van der Waals surface area contributed by atoms with Gasteiger partial charge in [0, 0.05) is 11.5 Å². The molecule has 1 fully saturated rings. The highest BCUT2D eigenvalue weighted by atomic mass is 32.2. The Bertz CT molecular complexity index is 110. The van der Waals surface area contributed by atoms with E-state index in [4.69, 9.17) is 5.11 Å². The second-order valence-corrected chi connectivity index (χ2v) is 4.05. The van der Waals surface area contributed by atoms with E-state index in [1.807, 2.05) is 0 Å². The van der Waals surface area contributed by atoms with E-state index in [0.717, 1.165) is 11.5 Å². The average Bonchev–Trinajstić information content (AvgIpc) is 2.15. The van der Waals surface area contributed by atoms with Gasteiger partial charge in [0.1, 0.15) is 0 Å². The van der Waals surface area contributed by atoms with Crippen molar-refractivity contribution in [2.45, 2.75) is 4.77 Å². The van der Waals surface area contributed by atoms with E-state index in [2.05, 4.69) is 4.74 Å². The Balaban J connectivity index is 2.19. The lowest BCUT2D eigenvalue weighted by molar-refractivity contribution is 0.102. The Morgan fingerprint density at radius 1 is 1.56 bits per heavy atom. The van der Waals surface area contributed by atoms with Crippen LogP contribution in [0.3, 0.4) is 0 Å². The quantitative estimate of drug-likeness (QED) is 0.597. The Kier molecular flexibility index (Phi) is 2.53. The van der Waals surface area contributed by atoms with Crippen LogP contribution in [0.25, 0.3) is 0 Å². The topological polar surface area (TPSA) is 46.5 Å². The molecule has 0 aromatic heterocycles. The van der Waals surface area contributed by atoms with Gasteiger partial charge in [0.25, 0.3) is 0 Å². The van der Waals surface area contributed by atoms with Gasteiger partial charge in [-0.1, -0.05) is 0 Å². The summed E-state index contributed by atoms with van der Waals surface area (Å²) in [7, 11) is 0. The van der Waals surface area contributed by atoms with Crippen molar-refractivity contribution in [2.75, 3.05) is 11.5 Å².